The molecule has 1 aliphatic rings. The van der Waals surface area contributed by atoms with E-state index < -0.39 is 20.9 Å². The van der Waals surface area contributed by atoms with Crippen molar-refractivity contribution >= 4 is 56.2 Å². The summed E-state index contributed by atoms with van der Waals surface area (Å²) in [5, 5.41) is 0. The number of nitrogens with one attached hydrogen (secondary N) is 1. The van der Waals surface area contributed by atoms with Crippen LogP contribution in [0.15, 0.2) is 29.2 Å². The van der Waals surface area contributed by atoms with Crippen LogP contribution in [0, 0.1) is 0 Å². The number of sulfonamides is 1. The molecule has 0 atom stereocenters. The fraction of sp³-hybridized carbons (Fsp3) is 0.455. The molecule has 9 heteroatoms. The van der Waals surface area contributed by atoms with Crippen molar-refractivity contribution in [3.63, 3.8) is 0 Å². The Kier molecular flexibility index (Phi) is 6.96. The van der Waals surface area contributed by atoms with E-state index in [9.17, 15) is 16.8 Å². The summed E-state index contributed by atoms with van der Waals surface area (Å²) in [4.78, 5) is 0.195. The second-order valence-corrected chi connectivity index (χ2v) is 7.03. The summed E-state index contributed by atoms with van der Waals surface area (Å²) >= 11 is 0. The topological polar surface area (TPSA) is 83.5 Å². The molecule has 107 valence electrons. The second kappa shape index (κ2) is 7.77. The molecule has 1 aromatic rings. The summed E-state index contributed by atoms with van der Waals surface area (Å²) in [5.74, 6) is 0. The van der Waals surface area contributed by atoms with Crippen LogP contribution in [-0.2, 0) is 20.9 Å². The zero-order valence-electron chi connectivity index (χ0n) is 11.3. The Hall–Kier alpha value is -0.120. The van der Waals surface area contributed by atoms with Gasteiger partial charge in [-0.1, -0.05) is 6.42 Å². The van der Waals surface area contributed by atoms with Crippen molar-refractivity contribution in [3.05, 3.63) is 24.3 Å². The Balaban J connectivity index is 0.00000200. The number of benzene rings is 1. The van der Waals surface area contributed by atoms with E-state index in [4.69, 9.17) is 0 Å². The Labute approximate surface area is 143 Å². The molecule has 1 fully saturated rings. The van der Waals surface area contributed by atoms with Crippen LogP contribution in [-0.4, -0.2) is 63.8 Å². The maximum absolute atomic E-state index is 12.3. The molecule has 0 saturated carbocycles. The number of rotatable bonds is 4. The zero-order chi connectivity index (χ0) is 13.9. The standard InChI is InChI=1S/C11H16N2O4S2.Na/c14-18(15)12-10-4-6-11(7-5-10)19(16,17)13-8-2-1-3-9-13;/h4-7,18H,1-3,8-9H2,(H,12,14,15);. The number of anilines is 1. The molecule has 0 aromatic heterocycles. The summed E-state index contributed by atoms with van der Waals surface area (Å²) in [6.45, 7) is 1.10. The third-order valence-electron chi connectivity index (χ3n) is 3.03. The molecule has 20 heavy (non-hydrogen) atoms. The monoisotopic (exact) mass is 327 g/mol. The van der Waals surface area contributed by atoms with Crippen LogP contribution in [0.4, 0.5) is 5.69 Å². The number of thiol groups is 1. The first-order valence-corrected chi connectivity index (χ1v) is 8.63. The molecule has 0 unspecified atom stereocenters. The third-order valence-corrected chi connectivity index (χ3v) is 5.38. The SMILES string of the molecule is O=[SH](=O)Nc1ccc(S(=O)(=O)N2CCCCC2)cc1.[Na]. The van der Waals surface area contributed by atoms with E-state index in [2.05, 4.69) is 4.72 Å². The molecule has 1 saturated heterocycles. The first-order chi connectivity index (χ1) is 9.00. The van der Waals surface area contributed by atoms with Gasteiger partial charge in [-0.2, -0.15) is 4.31 Å². The van der Waals surface area contributed by atoms with Crippen LogP contribution in [0.2, 0.25) is 0 Å². The van der Waals surface area contributed by atoms with E-state index in [-0.39, 0.29) is 34.5 Å². The van der Waals surface area contributed by atoms with Crippen LogP contribution >= 0.6 is 0 Å². The number of nitrogens with zero attached hydrogens (tertiary/aromatic N) is 1. The van der Waals surface area contributed by atoms with Gasteiger partial charge in [-0.05, 0) is 37.1 Å². The molecule has 0 amide bonds. The molecule has 0 bridgehead atoms. The second-order valence-electron chi connectivity index (χ2n) is 4.36. The first-order valence-electron chi connectivity index (χ1n) is 6.01. The van der Waals surface area contributed by atoms with Gasteiger partial charge in [-0.3, -0.25) is 4.72 Å². The molecule has 1 aromatic carbocycles. The molecule has 2 rings (SSSR count). The van der Waals surface area contributed by atoms with Crippen molar-refractivity contribution < 1.29 is 16.8 Å². The van der Waals surface area contributed by atoms with Crippen LogP contribution in [0.5, 0.6) is 0 Å². The molecule has 1 radical (unpaired) electrons. The normalized spacial score (nSPS) is 16.6. The van der Waals surface area contributed by atoms with E-state index in [0.29, 0.717) is 18.8 Å². The molecular weight excluding hydrogens is 311 g/mol. The molecule has 1 aliphatic heterocycles. The minimum Gasteiger partial charge on any atom is -0.286 e. The third kappa shape index (κ3) is 4.44. The van der Waals surface area contributed by atoms with E-state index in [0.717, 1.165) is 19.3 Å². The summed E-state index contributed by atoms with van der Waals surface area (Å²) in [5.41, 5.74) is 0.355. The van der Waals surface area contributed by atoms with Crippen molar-refractivity contribution in [2.45, 2.75) is 24.2 Å². The summed E-state index contributed by atoms with van der Waals surface area (Å²) in [7, 11) is -6.19. The van der Waals surface area contributed by atoms with Crippen molar-refractivity contribution in [2.24, 2.45) is 0 Å². The van der Waals surface area contributed by atoms with Gasteiger partial charge in [0.15, 0.2) is 0 Å². The van der Waals surface area contributed by atoms with E-state index in [1.807, 2.05) is 0 Å². The van der Waals surface area contributed by atoms with Crippen LogP contribution in [0.25, 0.3) is 0 Å². The number of piperidine rings is 1. The Bertz CT molecular complexity index is 600. The van der Waals surface area contributed by atoms with E-state index in [1.54, 1.807) is 0 Å². The molecule has 1 heterocycles. The first kappa shape index (κ1) is 17.9. The van der Waals surface area contributed by atoms with Gasteiger partial charge in [0.2, 0.25) is 20.9 Å². The molecule has 0 spiro atoms. The minimum absolute atomic E-state index is 0. The van der Waals surface area contributed by atoms with E-state index in [1.165, 1.54) is 28.6 Å². The van der Waals surface area contributed by atoms with Gasteiger partial charge >= 0.3 is 0 Å². The molecule has 6 nitrogen and oxygen atoms in total. The fourth-order valence-electron chi connectivity index (χ4n) is 2.06. The van der Waals surface area contributed by atoms with Gasteiger partial charge in [0.1, 0.15) is 0 Å². The van der Waals surface area contributed by atoms with Crippen molar-refractivity contribution in [1.82, 2.24) is 4.31 Å². The fourth-order valence-corrected chi connectivity index (χ4v) is 3.94. The molecule has 1 N–H and O–H groups in total. The van der Waals surface area contributed by atoms with Crippen molar-refractivity contribution in [1.29, 1.82) is 0 Å². The van der Waals surface area contributed by atoms with Gasteiger partial charge in [0.05, 0.1) is 4.90 Å². The number of hydrogen-bond acceptors (Lipinski definition) is 4. The van der Waals surface area contributed by atoms with E-state index >= 15 is 0 Å². The predicted octanol–water partition coefficient (Wildman–Crippen LogP) is 0.419. The van der Waals surface area contributed by atoms with Gasteiger partial charge in [0.25, 0.3) is 0 Å². The maximum Gasteiger partial charge on any atom is 0.243 e. The average Bonchev–Trinajstić information content (AvgIpc) is 2.40. The summed E-state index contributed by atoms with van der Waals surface area (Å²) in [6, 6.07) is 5.74. The smallest absolute Gasteiger partial charge is 0.243 e. The van der Waals surface area contributed by atoms with Gasteiger partial charge in [-0.25, -0.2) is 16.8 Å². The van der Waals surface area contributed by atoms with Crippen LogP contribution < -0.4 is 4.72 Å². The number of hydrogen-bond donors (Lipinski definition) is 2. The summed E-state index contributed by atoms with van der Waals surface area (Å²) < 4.78 is 49.3. The van der Waals surface area contributed by atoms with Gasteiger partial charge in [0, 0.05) is 48.3 Å². The quantitative estimate of drug-likeness (QED) is 0.620. The average molecular weight is 327 g/mol. The minimum atomic E-state index is -3.45. The largest absolute Gasteiger partial charge is 0.286 e. The molecular formula is C11H16N2NaO4S2. The zero-order valence-corrected chi connectivity index (χ0v) is 15.0. The Morgan fingerprint density at radius 2 is 1.55 bits per heavy atom. The molecule has 0 aliphatic carbocycles. The Morgan fingerprint density at radius 3 is 2.05 bits per heavy atom. The maximum atomic E-state index is 12.3. The van der Waals surface area contributed by atoms with Crippen molar-refractivity contribution in [3.8, 4) is 0 Å². The Morgan fingerprint density at radius 1 is 1.00 bits per heavy atom. The van der Waals surface area contributed by atoms with Gasteiger partial charge < -0.3 is 0 Å². The predicted molar refractivity (Wildman–Crippen MR) is 78.7 cm³/mol. The summed E-state index contributed by atoms with van der Waals surface area (Å²) in [6.07, 6.45) is 2.83. The van der Waals surface area contributed by atoms with Gasteiger partial charge in [-0.15, -0.1) is 0 Å². The van der Waals surface area contributed by atoms with Crippen LogP contribution in [0.3, 0.4) is 0 Å². The van der Waals surface area contributed by atoms with Crippen LogP contribution in [0.1, 0.15) is 19.3 Å². The van der Waals surface area contributed by atoms with Crippen molar-refractivity contribution in [2.75, 3.05) is 17.8 Å².